The van der Waals surface area contributed by atoms with E-state index in [1.54, 1.807) is 12.0 Å². The number of nitrogens with zero attached hydrogens (tertiary/aromatic N) is 1. The van der Waals surface area contributed by atoms with Crippen LogP contribution >= 0.6 is 0 Å². The van der Waals surface area contributed by atoms with Crippen molar-refractivity contribution in [2.45, 2.75) is 64.6 Å². The van der Waals surface area contributed by atoms with E-state index in [0.717, 1.165) is 25.9 Å². The Hall–Kier alpha value is -0.810. The van der Waals surface area contributed by atoms with Crippen molar-refractivity contribution in [2.24, 2.45) is 5.92 Å². The van der Waals surface area contributed by atoms with Gasteiger partial charge in [-0.3, -0.25) is 0 Å². The summed E-state index contributed by atoms with van der Waals surface area (Å²) in [6.45, 7) is 7.52. The number of aliphatic hydroxyl groups is 1. The Bertz CT molecular complexity index is 299. The van der Waals surface area contributed by atoms with Crippen LogP contribution in [0.2, 0.25) is 0 Å². The summed E-state index contributed by atoms with van der Waals surface area (Å²) >= 11 is 0. The number of methoxy groups -OCH3 is 1. The summed E-state index contributed by atoms with van der Waals surface area (Å²) in [7, 11) is 1.72. The third kappa shape index (κ3) is 7.14. The smallest absolute Gasteiger partial charge is 0.410 e. The first kappa shape index (κ1) is 18.2. The van der Waals surface area contributed by atoms with Crippen LogP contribution < -0.4 is 0 Å². The minimum atomic E-state index is -0.408. The zero-order valence-electron chi connectivity index (χ0n) is 13.9. The maximum atomic E-state index is 11.7. The molecule has 1 saturated heterocycles. The quantitative estimate of drug-likeness (QED) is 0.852. The molecule has 0 unspecified atom stereocenters. The van der Waals surface area contributed by atoms with Gasteiger partial charge in [0, 0.05) is 26.8 Å². The van der Waals surface area contributed by atoms with Crippen LogP contribution in [0.15, 0.2) is 0 Å². The molecular formula is C16H31NO4. The van der Waals surface area contributed by atoms with E-state index in [9.17, 15) is 4.79 Å². The first-order chi connectivity index (χ1) is 9.85. The lowest BCUT2D eigenvalue weighted by Gasteiger charge is -2.32. The fraction of sp³-hybridized carbons (Fsp3) is 0.938. The molecule has 5 nitrogen and oxygen atoms in total. The van der Waals surface area contributed by atoms with E-state index in [0.29, 0.717) is 18.6 Å². The Morgan fingerprint density at radius 1 is 1.19 bits per heavy atom. The Morgan fingerprint density at radius 2 is 1.76 bits per heavy atom. The van der Waals surface area contributed by atoms with E-state index in [1.165, 1.54) is 19.3 Å². The molecule has 1 aliphatic heterocycles. The molecule has 1 saturated carbocycles. The lowest BCUT2D eigenvalue weighted by molar-refractivity contribution is 0.00173. The highest BCUT2D eigenvalue weighted by Crippen LogP contribution is 2.24. The molecule has 21 heavy (non-hydrogen) atoms. The maximum absolute atomic E-state index is 11.7. The molecule has 1 aliphatic carbocycles. The van der Waals surface area contributed by atoms with Gasteiger partial charge in [-0.15, -0.1) is 0 Å². The van der Waals surface area contributed by atoms with Crippen LogP contribution in [0.5, 0.6) is 0 Å². The van der Waals surface area contributed by atoms with Gasteiger partial charge in [0.05, 0.1) is 6.10 Å². The number of hydrogen-bond acceptors (Lipinski definition) is 4. The third-order valence-electron chi connectivity index (χ3n) is 3.91. The summed E-state index contributed by atoms with van der Waals surface area (Å²) in [5.41, 5.74) is -0.408. The monoisotopic (exact) mass is 301 g/mol. The third-order valence-corrected chi connectivity index (χ3v) is 3.91. The van der Waals surface area contributed by atoms with E-state index in [2.05, 4.69) is 0 Å². The molecule has 2 fully saturated rings. The van der Waals surface area contributed by atoms with Gasteiger partial charge in [-0.2, -0.15) is 0 Å². The molecule has 0 aromatic heterocycles. The summed E-state index contributed by atoms with van der Waals surface area (Å²) in [5, 5.41) is 8.39. The van der Waals surface area contributed by atoms with Gasteiger partial charge in [-0.1, -0.05) is 6.42 Å². The van der Waals surface area contributed by atoms with Gasteiger partial charge in [-0.25, -0.2) is 4.79 Å². The van der Waals surface area contributed by atoms with Crippen LogP contribution in [0.25, 0.3) is 0 Å². The topological polar surface area (TPSA) is 59.0 Å². The van der Waals surface area contributed by atoms with E-state index in [1.807, 2.05) is 20.8 Å². The predicted molar refractivity (Wildman–Crippen MR) is 82.3 cm³/mol. The van der Waals surface area contributed by atoms with Crippen LogP contribution in [-0.2, 0) is 9.47 Å². The van der Waals surface area contributed by atoms with Crippen LogP contribution in [-0.4, -0.2) is 54.6 Å². The molecule has 5 heteroatoms. The van der Waals surface area contributed by atoms with Crippen molar-refractivity contribution in [1.29, 1.82) is 0 Å². The molecule has 0 bridgehead atoms. The van der Waals surface area contributed by atoms with E-state index in [-0.39, 0.29) is 6.09 Å². The molecule has 0 aromatic rings. The van der Waals surface area contributed by atoms with Crippen molar-refractivity contribution < 1.29 is 19.4 Å². The Labute approximate surface area is 128 Å². The van der Waals surface area contributed by atoms with Gasteiger partial charge in [-0.05, 0) is 52.4 Å². The van der Waals surface area contributed by atoms with E-state index < -0.39 is 5.60 Å². The Kier molecular flexibility index (Phi) is 7.46. The molecule has 124 valence electrons. The van der Waals surface area contributed by atoms with Gasteiger partial charge in [0.25, 0.3) is 0 Å². The Balaban J connectivity index is 0.000000304. The average Bonchev–Trinajstić information content (AvgIpc) is 2.36. The van der Waals surface area contributed by atoms with Crippen molar-refractivity contribution >= 4 is 6.09 Å². The average molecular weight is 301 g/mol. The molecule has 1 heterocycles. The SMILES string of the molecule is COC1CCN(C(=O)OC(C)(C)C)CC1.OCC1CCC1. The van der Waals surface area contributed by atoms with Crippen molar-refractivity contribution in [3.8, 4) is 0 Å². The number of aliphatic hydroxyl groups excluding tert-OH is 1. The minimum absolute atomic E-state index is 0.211. The molecule has 2 aliphatic rings. The summed E-state index contributed by atoms with van der Waals surface area (Å²) in [6, 6.07) is 0. The summed E-state index contributed by atoms with van der Waals surface area (Å²) in [4.78, 5) is 13.4. The van der Waals surface area contributed by atoms with Gasteiger partial charge >= 0.3 is 6.09 Å². The summed E-state index contributed by atoms with van der Waals surface area (Å²) in [6.07, 6.45) is 5.74. The predicted octanol–water partition coefficient (Wildman–Crippen LogP) is 2.81. The number of carbonyl (C=O) groups excluding carboxylic acids is 1. The molecule has 2 rings (SSSR count). The molecule has 1 N–H and O–H groups in total. The number of ether oxygens (including phenoxy) is 2. The zero-order valence-corrected chi connectivity index (χ0v) is 13.9. The molecule has 0 atom stereocenters. The first-order valence-electron chi connectivity index (χ1n) is 7.97. The largest absolute Gasteiger partial charge is 0.444 e. The molecule has 0 radical (unpaired) electrons. The van der Waals surface area contributed by atoms with Gasteiger partial charge in [0.1, 0.15) is 5.60 Å². The van der Waals surface area contributed by atoms with Crippen LogP contribution in [0.3, 0.4) is 0 Å². The van der Waals surface area contributed by atoms with Gasteiger partial charge < -0.3 is 19.5 Å². The highest BCUT2D eigenvalue weighted by atomic mass is 16.6. The first-order valence-corrected chi connectivity index (χ1v) is 7.97. The second-order valence-corrected chi connectivity index (χ2v) is 6.88. The molecule has 0 aromatic carbocycles. The number of carbonyl (C=O) groups is 1. The van der Waals surface area contributed by atoms with Crippen LogP contribution in [0.4, 0.5) is 4.79 Å². The van der Waals surface area contributed by atoms with Crippen molar-refractivity contribution in [3.63, 3.8) is 0 Å². The number of amides is 1. The van der Waals surface area contributed by atoms with Crippen LogP contribution in [0, 0.1) is 5.92 Å². The number of piperidine rings is 1. The molecular weight excluding hydrogens is 270 g/mol. The van der Waals surface area contributed by atoms with Crippen molar-refractivity contribution in [1.82, 2.24) is 4.90 Å². The fourth-order valence-electron chi connectivity index (χ4n) is 2.28. The normalized spacial score (nSPS) is 20.3. The maximum Gasteiger partial charge on any atom is 0.410 e. The number of likely N-dealkylation sites (tertiary alicyclic amines) is 1. The highest BCUT2D eigenvalue weighted by Gasteiger charge is 2.26. The minimum Gasteiger partial charge on any atom is -0.444 e. The lowest BCUT2D eigenvalue weighted by atomic mass is 9.86. The zero-order chi connectivity index (χ0) is 15.9. The highest BCUT2D eigenvalue weighted by molar-refractivity contribution is 5.68. The number of hydrogen-bond donors (Lipinski definition) is 1. The van der Waals surface area contributed by atoms with E-state index >= 15 is 0 Å². The standard InChI is InChI=1S/C11H21NO3.C5H10O/c1-11(2,3)15-10(13)12-7-5-9(14-4)6-8-12;6-4-5-2-1-3-5/h9H,5-8H2,1-4H3;5-6H,1-4H2. The van der Waals surface area contributed by atoms with Crippen LogP contribution in [0.1, 0.15) is 52.9 Å². The van der Waals surface area contributed by atoms with Crippen molar-refractivity contribution in [3.05, 3.63) is 0 Å². The van der Waals surface area contributed by atoms with Gasteiger partial charge in [0.2, 0.25) is 0 Å². The van der Waals surface area contributed by atoms with E-state index in [4.69, 9.17) is 14.6 Å². The summed E-state index contributed by atoms with van der Waals surface area (Å²) in [5.74, 6) is 0.671. The second-order valence-electron chi connectivity index (χ2n) is 6.88. The fourth-order valence-corrected chi connectivity index (χ4v) is 2.28. The Morgan fingerprint density at radius 3 is 2.05 bits per heavy atom. The molecule has 0 spiro atoms. The molecule has 1 amide bonds. The van der Waals surface area contributed by atoms with Gasteiger partial charge in [0.15, 0.2) is 0 Å². The second kappa shape index (κ2) is 8.59. The van der Waals surface area contributed by atoms with Crippen molar-refractivity contribution in [2.75, 3.05) is 26.8 Å². The summed E-state index contributed by atoms with van der Waals surface area (Å²) < 4.78 is 10.5. The number of rotatable bonds is 2. The lowest BCUT2D eigenvalue weighted by Crippen LogP contribution is -2.43.